The molecular weight excluding hydrogens is 230 g/mol. The Morgan fingerprint density at radius 3 is 2.67 bits per heavy atom. The Hall–Kier alpha value is -1.65. The molecule has 1 aromatic heterocycles. The number of carbonyl (C=O) groups is 1. The quantitative estimate of drug-likeness (QED) is 0.765. The summed E-state index contributed by atoms with van der Waals surface area (Å²) in [5.41, 5.74) is 0.565. The molecule has 1 aliphatic heterocycles. The van der Waals surface area contributed by atoms with Gasteiger partial charge in [0.05, 0.1) is 5.69 Å². The first-order valence-electron chi connectivity index (χ1n) is 6.12. The summed E-state index contributed by atoms with van der Waals surface area (Å²) < 4.78 is 5.30. The Bertz CT molecular complexity index is 448. The van der Waals surface area contributed by atoms with Gasteiger partial charge in [0.1, 0.15) is 11.4 Å². The summed E-state index contributed by atoms with van der Waals surface area (Å²) in [6.45, 7) is 8.83. The van der Waals surface area contributed by atoms with Gasteiger partial charge in [0.15, 0.2) is 0 Å². The number of nitrogens with zero attached hydrogens (tertiary/aromatic N) is 3. The number of carbonyl (C=O) groups excluding carboxylic acids is 1. The minimum absolute atomic E-state index is 0.246. The molecule has 0 spiro atoms. The van der Waals surface area contributed by atoms with Gasteiger partial charge >= 0.3 is 6.09 Å². The van der Waals surface area contributed by atoms with E-state index in [9.17, 15) is 4.79 Å². The molecule has 2 heterocycles. The SMILES string of the molecule is Cc1nccc(C2CN(C(=O)OC(C)(C)C)C2)n1. The molecule has 0 radical (unpaired) electrons. The molecule has 0 N–H and O–H groups in total. The number of rotatable bonds is 1. The average molecular weight is 249 g/mol. The van der Waals surface area contributed by atoms with Crippen molar-refractivity contribution in [2.45, 2.75) is 39.2 Å². The largest absolute Gasteiger partial charge is 0.444 e. The number of hydrogen-bond donors (Lipinski definition) is 0. The van der Waals surface area contributed by atoms with E-state index in [4.69, 9.17) is 4.74 Å². The first kappa shape index (κ1) is 12.8. The fourth-order valence-electron chi connectivity index (χ4n) is 1.84. The van der Waals surface area contributed by atoms with Crippen molar-refractivity contribution in [1.29, 1.82) is 0 Å². The van der Waals surface area contributed by atoms with Gasteiger partial charge in [0.2, 0.25) is 0 Å². The molecule has 1 amide bonds. The van der Waals surface area contributed by atoms with E-state index in [1.54, 1.807) is 11.1 Å². The number of ether oxygens (including phenoxy) is 1. The van der Waals surface area contributed by atoms with Gasteiger partial charge in [-0.05, 0) is 33.8 Å². The Labute approximate surface area is 107 Å². The van der Waals surface area contributed by atoms with Gasteiger partial charge in [-0.15, -0.1) is 0 Å². The third kappa shape index (κ3) is 2.97. The monoisotopic (exact) mass is 249 g/mol. The molecule has 5 nitrogen and oxygen atoms in total. The number of aryl methyl sites for hydroxylation is 1. The van der Waals surface area contributed by atoms with Gasteiger partial charge in [-0.3, -0.25) is 0 Å². The number of aromatic nitrogens is 2. The lowest BCUT2D eigenvalue weighted by Gasteiger charge is -2.39. The van der Waals surface area contributed by atoms with Crippen LogP contribution in [0.5, 0.6) is 0 Å². The average Bonchev–Trinajstić information content (AvgIpc) is 2.11. The summed E-state index contributed by atoms with van der Waals surface area (Å²) in [5, 5.41) is 0. The molecule has 2 rings (SSSR count). The predicted molar refractivity (Wildman–Crippen MR) is 67.3 cm³/mol. The van der Waals surface area contributed by atoms with E-state index in [1.807, 2.05) is 33.8 Å². The fraction of sp³-hybridized carbons (Fsp3) is 0.615. The van der Waals surface area contributed by atoms with Gasteiger partial charge < -0.3 is 9.64 Å². The maximum absolute atomic E-state index is 11.8. The van der Waals surface area contributed by atoms with Crippen molar-refractivity contribution in [3.8, 4) is 0 Å². The molecule has 0 aromatic carbocycles. The van der Waals surface area contributed by atoms with Crippen molar-refractivity contribution in [1.82, 2.24) is 14.9 Å². The molecule has 0 bridgehead atoms. The van der Waals surface area contributed by atoms with Crippen LogP contribution in [0.15, 0.2) is 12.3 Å². The summed E-state index contributed by atoms with van der Waals surface area (Å²) in [4.78, 5) is 21.9. The normalized spacial score (nSPS) is 16.3. The molecule has 98 valence electrons. The molecule has 5 heteroatoms. The van der Waals surface area contributed by atoms with Crippen LogP contribution in [0.3, 0.4) is 0 Å². The van der Waals surface area contributed by atoms with E-state index in [2.05, 4.69) is 9.97 Å². The summed E-state index contributed by atoms with van der Waals surface area (Å²) in [6.07, 6.45) is 1.51. The topological polar surface area (TPSA) is 55.3 Å². The Kier molecular flexibility index (Phi) is 3.24. The highest BCUT2D eigenvalue weighted by molar-refractivity contribution is 5.69. The minimum atomic E-state index is -0.437. The van der Waals surface area contributed by atoms with Gasteiger partial charge in [-0.1, -0.05) is 0 Å². The van der Waals surface area contributed by atoms with Gasteiger partial charge in [-0.25, -0.2) is 14.8 Å². The molecule has 1 aromatic rings. The summed E-state index contributed by atoms with van der Waals surface area (Å²) in [7, 11) is 0. The van der Waals surface area contributed by atoms with Gasteiger partial charge in [-0.2, -0.15) is 0 Å². The number of amides is 1. The van der Waals surface area contributed by atoms with Crippen molar-refractivity contribution in [2.24, 2.45) is 0 Å². The maximum Gasteiger partial charge on any atom is 0.410 e. The van der Waals surface area contributed by atoms with Crippen LogP contribution < -0.4 is 0 Å². The minimum Gasteiger partial charge on any atom is -0.444 e. The van der Waals surface area contributed by atoms with Crippen LogP contribution in [0.4, 0.5) is 4.79 Å². The summed E-state index contributed by atoms with van der Waals surface area (Å²) >= 11 is 0. The highest BCUT2D eigenvalue weighted by atomic mass is 16.6. The van der Waals surface area contributed by atoms with E-state index >= 15 is 0 Å². The van der Waals surface area contributed by atoms with Crippen molar-refractivity contribution in [2.75, 3.05) is 13.1 Å². The molecule has 1 saturated heterocycles. The van der Waals surface area contributed by atoms with Crippen molar-refractivity contribution in [3.63, 3.8) is 0 Å². The van der Waals surface area contributed by atoms with Crippen molar-refractivity contribution < 1.29 is 9.53 Å². The summed E-state index contributed by atoms with van der Waals surface area (Å²) in [5.74, 6) is 1.07. The smallest absolute Gasteiger partial charge is 0.410 e. The highest BCUT2D eigenvalue weighted by Crippen LogP contribution is 2.26. The molecular formula is C13H19N3O2. The van der Waals surface area contributed by atoms with E-state index in [1.165, 1.54) is 0 Å². The lowest BCUT2D eigenvalue weighted by molar-refractivity contribution is 0.00786. The Morgan fingerprint density at radius 1 is 1.44 bits per heavy atom. The van der Waals surface area contributed by atoms with Crippen LogP contribution in [-0.4, -0.2) is 39.7 Å². The third-order valence-corrected chi connectivity index (χ3v) is 2.75. The van der Waals surface area contributed by atoms with E-state index < -0.39 is 5.60 Å². The standard InChI is InChI=1S/C13H19N3O2/c1-9-14-6-5-11(15-9)10-7-16(8-10)12(17)18-13(2,3)4/h5-6,10H,7-8H2,1-4H3. The zero-order valence-corrected chi connectivity index (χ0v) is 11.3. The van der Waals surface area contributed by atoms with Crippen LogP contribution in [-0.2, 0) is 4.74 Å². The number of likely N-dealkylation sites (tertiary alicyclic amines) is 1. The van der Waals surface area contributed by atoms with E-state index in [-0.39, 0.29) is 6.09 Å². The molecule has 0 atom stereocenters. The van der Waals surface area contributed by atoms with Crippen LogP contribution >= 0.6 is 0 Å². The molecule has 0 saturated carbocycles. The maximum atomic E-state index is 11.8. The Morgan fingerprint density at radius 2 is 2.11 bits per heavy atom. The second kappa shape index (κ2) is 4.55. The van der Waals surface area contributed by atoms with Crippen LogP contribution in [0.1, 0.15) is 38.2 Å². The van der Waals surface area contributed by atoms with Crippen molar-refractivity contribution in [3.05, 3.63) is 23.8 Å². The number of hydrogen-bond acceptors (Lipinski definition) is 4. The van der Waals surface area contributed by atoms with Gasteiger partial charge in [0, 0.05) is 25.2 Å². The molecule has 1 fully saturated rings. The second-order valence-electron chi connectivity index (χ2n) is 5.61. The highest BCUT2D eigenvalue weighted by Gasteiger charge is 2.35. The molecule has 18 heavy (non-hydrogen) atoms. The predicted octanol–water partition coefficient (Wildman–Crippen LogP) is 2.12. The fourth-order valence-corrected chi connectivity index (χ4v) is 1.84. The molecule has 1 aliphatic rings. The van der Waals surface area contributed by atoms with Crippen molar-refractivity contribution >= 4 is 6.09 Å². The first-order chi connectivity index (χ1) is 8.35. The van der Waals surface area contributed by atoms with E-state index in [0.29, 0.717) is 19.0 Å². The van der Waals surface area contributed by atoms with Crippen LogP contribution in [0.2, 0.25) is 0 Å². The lowest BCUT2D eigenvalue weighted by atomic mass is 9.97. The second-order valence-corrected chi connectivity index (χ2v) is 5.61. The van der Waals surface area contributed by atoms with Gasteiger partial charge in [0.25, 0.3) is 0 Å². The lowest BCUT2D eigenvalue weighted by Crippen LogP contribution is -2.50. The van der Waals surface area contributed by atoms with Crippen LogP contribution in [0.25, 0.3) is 0 Å². The molecule has 0 unspecified atom stereocenters. The van der Waals surface area contributed by atoms with Crippen LogP contribution in [0, 0.1) is 6.92 Å². The zero-order chi connectivity index (χ0) is 13.3. The third-order valence-electron chi connectivity index (χ3n) is 2.75. The van der Waals surface area contributed by atoms with E-state index in [0.717, 1.165) is 11.5 Å². The zero-order valence-electron chi connectivity index (χ0n) is 11.3. The summed E-state index contributed by atoms with van der Waals surface area (Å²) in [6, 6.07) is 1.91. The molecule has 0 aliphatic carbocycles. The Balaban J connectivity index is 1.89. The first-order valence-corrected chi connectivity index (χ1v) is 6.12.